The van der Waals surface area contributed by atoms with Crippen molar-refractivity contribution in [3.63, 3.8) is 0 Å². The molecular formula is C13H17ClN2O3S. The molecule has 0 aliphatic heterocycles. The number of halogens is 1. The summed E-state index contributed by atoms with van der Waals surface area (Å²) in [5.74, 6) is -0.384. The Morgan fingerprint density at radius 3 is 2.75 bits per heavy atom. The van der Waals surface area contributed by atoms with Crippen molar-refractivity contribution < 1.29 is 14.7 Å². The van der Waals surface area contributed by atoms with E-state index in [0.29, 0.717) is 22.9 Å². The van der Waals surface area contributed by atoms with Gasteiger partial charge in [-0.15, -0.1) is 0 Å². The molecule has 110 valence electrons. The van der Waals surface area contributed by atoms with Crippen LogP contribution in [0.5, 0.6) is 0 Å². The van der Waals surface area contributed by atoms with E-state index in [-0.39, 0.29) is 0 Å². The van der Waals surface area contributed by atoms with Crippen LogP contribution in [0.2, 0.25) is 5.02 Å². The topological polar surface area (TPSA) is 78.4 Å². The molecule has 0 spiro atoms. The summed E-state index contributed by atoms with van der Waals surface area (Å²) >= 11 is 7.39. The molecule has 0 bridgehead atoms. The van der Waals surface area contributed by atoms with Crippen LogP contribution in [0.4, 0.5) is 10.5 Å². The minimum absolute atomic E-state index is 0.373. The predicted molar refractivity (Wildman–Crippen MR) is 82.8 cm³/mol. The van der Waals surface area contributed by atoms with Gasteiger partial charge in [0, 0.05) is 10.7 Å². The number of carboxylic acid groups (broad SMARTS) is 1. The molecule has 0 aliphatic rings. The van der Waals surface area contributed by atoms with Crippen molar-refractivity contribution in [1.29, 1.82) is 0 Å². The third kappa shape index (κ3) is 5.30. The first-order valence-electron chi connectivity index (χ1n) is 5.99. The Labute approximate surface area is 127 Å². The number of urea groups is 1. The van der Waals surface area contributed by atoms with Gasteiger partial charge in [0.15, 0.2) is 0 Å². The van der Waals surface area contributed by atoms with Gasteiger partial charge < -0.3 is 15.7 Å². The second kappa shape index (κ2) is 8.01. The van der Waals surface area contributed by atoms with E-state index in [0.717, 1.165) is 5.56 Å². The fourth-order valence-electron chi connectivity index (χ4n) is 1.54. The van der Waals surface area contributed by atoms with E-state index >= 15 is 0 Å². The normalized spacial score (nSPS) is 11.8. The van der Waals surface area contributed by atoms with Gasteiger partial charge in [-0.2, -0.15) is 11.8 Å². The Kier molecular flexibility index (Phi) is 6.67. The molecule has 20 heavy (non-hydrogen) atoms. The Morgan fingerprint density at radius 2 is 2.15 bits per heavy atom. The Hall–Kier alpha value is -1.40. The quantitative estimate of drug-likeness (QED) is 0.754. The van der Waals surface area contributed by atoms with Crippen molar-refractivity contribution >= 4 is 41.1 Å². The highest BCUT2D eigenvalue weighted by Gasteiger charge is 2.19. The third-order valence-electron chi connectivity index (χ3n) is 2.66. The number of carbonyl (C=O) groups is 2. The third-order valence-corrected chi connectivity index (χ3v) is 3.54. The highest BCUT2D eigenvalue weighted by atomic mass is 35.5. The number of aliphatic carboxylic acids is 1. The van der Waals surface area contributed by atoms with Crippen molar-refractivity contribution in [3.05, 3.63) is 28.8 Å². The molecule has 0 fully saturated rings. The van der Waals surface area contributed by atoms with Gasteiger partial charge in [-0.05, 0) is 43.0 Å². The first kappa shape index (κ1) is 16.7. The van der Waals surface area contributed by atoms with Gasteiger partial charge in [0.25, 0.3) is 0 Å². The molecule has 0 heterocycles. The molecule has 1 aromatic rings. The molecule has 1 aromatic carbocycles. The number of aryl methyl sites for hydroxylation is 1. The van der Waals surface area contributed by atoms with E-state index in [9.17, 15) is 9.59 Å². The number of amides is 2. The minimum atomic E-state index is -1.04. The summed E-state index contributed by atoms with van der Waals surface area (Å²) in [5, 5.41) is 14.6. The number of carboxylic acids is 1. The minimum Gasteiger partial charge on any atom is -0.480 e. The predicted octanol–water partition coefficient (Wildman–Crippen LogP) is 2.98. The average molecular weight is 317 g/mol. The molecule has 7 heteroatoms. The van der Waals surface area contributed by atoms with Gasteiger partial charge in [-0.1, -0.05) is 17.7 Å². The van der Waals surface area contributed by atoms with Crippen LogP contribution >= 0.6 is 23.4 Å². The molecule has 5 nitrogen and oxygen atoms in total. The maximum Gasteiger partial charge on any atom is 0.326 e. The van der Waals surface area contributed by atoms with Crippen LogP contribution in [-0.4, -0.2) is 35.2 Å². The van der Waals surface area contributed by atoms with Gasteiger partial charge in [-0.25, -0.2) is 9.59 Å². The molecule has 2 amide bonds. The summed E-state index contributed by atoms with van der Waals surface area (Å²) in [6.45, 7) is 1.83. The highest BCUT2D eigenvalue weighted by molar-refractivity contribution is 7.98. The maximum atomic E-state index is 11.8. The highest BCUT2D eigenvalue weighted by Crippen LogP contribution is 2.20. The van der Waals surface area contributed by atoms with Crippen LogP contribution in [0.1, 0.15) is 12.0 Å². The fourth-order valence-corrected chi connectivity index (χ4v) is 2.18. The molecule has 1 unspecified atom stereocenters. The number of anilines is 1. The van der Waals surface area contributed by atoms with E-state index in [1.807, 2.05) is 13.2 Å². The summed E-state index contributed by atoms with van der Waals surface area (Å²) in [6.07, 6.45) is 2.26. The van der Waals surface area contributed by atoms with Crippen LogP contribution in [0.3, 0.4) is 0 Å². The number of rotatable bonds is 6. The summed E-state index contributed by atoms with van der Waals surface area (Å²) in [5.41, 5.74) is 1.41. The summed E-state index contributed by atoms with van der Waals surface area (Å²) in [4.78, 5) is 22.9. The molecular weight excluding hydrogens is 300 g/mol. The van der Waals surface area contributed by atoms with E-state index < -0.39 is 18.0 Å². The van der Waals surface area contributed by atoms with E-state index in [1.165, 1.54) is 11.8 Å². The zero-order valence-electron chi connectivity index (χ0n) is 11.3. The van der Waals surface area contributed by atoms with Crippen LogP contribution in [-0.2, 0) is 4.79 Å². The smallest absolute Gasteiger partial charge is 0.326 e. The summed E-state index contributed by atoms with van der Waals surface area (Å²) < 4.78 is 0. The van der Waals surface area contributed by atoms with Crippen LogP contribution in [0, 0.1) is 6.92 Å². The second-order valence-electron chi connectivity index (χ2n) is 4.23. The Balaban J connectivity index is 2.65. The number of benzene rings is 1. The van der Waals surface area contributed by atoms with Gasteiger partial charge in [0.1, 0.15) is 6.04 Å². The largest absolute Gasteiger partial charge is 0.480 e. The van der Waals surface area contributed by atoms with Crippen molar-refractivity contribution in [3.8, 4) is 0 Å². The number of carbonyl (C=O) groups excluding carboxylic acids is 1. The average Bonchev–Trinajstić information content (AvgIpc) is 2.38. The summed E-state index contributed by atoms with van der Waals surface area (Å²) in [6, 6.07) is 3.67. The number of hydrogen-bond donors (Lipinski definition) is 3. The zero-order valence-corrected chi connectivity index (χ0v) is 12.8. The van der Waals surface area contributed by atoms with E-state index in [1.54, 1.807) is 18.2 Å². The van der Waals surface area contributed by atoms with Crippen molar-refractivity contribution in [2.75, 3.05) is 17.3 Å². The van der Waals surface area contributed by atoms with Crippen LogP contribution in [0.15, 0.2) is 18.2 Å². The van der Waals surface area contributed by atoms with Gasteiger partial charge in [-0.3, -0.25) is 0 Å². The molecule has 1 atom stereocenters. The fraction of sp³-hybridized carbons (Fsp3) is 0.385. The Bertz CT molecular complexity index is 497. The van der Waals surface area contributed by atoms with Crippen LogP contribution < -0.4 is 10.6 Å². The molecule has 0 saturated heterocycles. The summed E-state index contributed by atoms with van der Waals surface area (Å²) in [7, 11) is 0. The molecule has 1 rings (SSSR count). The molecule has 3 N–H and O–H groups in total. The molecule has 0 aromatic heterocycles. The first-order chi connectivity index (χ1) is 9.43. The zero-order chi connectivity index (χ0) is 15.1. The molecule has 0 aliphatic carbocycles. The van der Waals surface area contributed by atoms with E-state index in [4.69, 9.17) is 16.7 Å². The molecule has 0 saturated carbocycles. The lowest BCUT2D eigenvalue weighted by Gasteiger charge is -2.15. The number of nitrogens with one attached hydrogen (secondary N) is 2. The number of hydrogen-bond acceptors (Lipinski definition) is 3. The maximum absolute atomic E-state index is 11.8. The molecule has 0 radical (unpaired) electrons. The van der Waals surface area contributed by atoms with E-state index in [2.05, 4.69) is 10.6 Å². The standard InChI is InChI=1S/C13H17ClN2O3S/c1-8-3-4-9(14)7-11(8)16-13(19)15-10(12(17)18)5-6-20-2/h3-4,7,10H,5-6H2,1-2H3,(H,17,18)(H2,15,16,19). The first-order valence-corrected chi connectivity index (χ1v) is 7.76. The van der Waals surface area contributed by atoms with Crippen LogP contribution in [0.25, 0.3) is 0 Å². The van der Waals surface area contributed by atoms with Gasteiger partial charge in [0.2, 0.25) is 0 Å². The lowest BCUT2D eigenvalue weighted by atomic mass is 10.2. The second-order valence-corrected chi connectivity index (χ2v) is 5.65. The van der Waals surface area contributed by atoms with Gasteiger partial charge in [0.05, 0.1) is 0 Å². The lowest BCUT2D eigenvalue weighted by Crippen LogP contribution is -2.43. The number of thioether (sulfide) groups is 1. The monoisotopic (exact) mass is 316 g/mol. The van der Waals surface area contributed by atoms with Crippen molar-refractivity contribution in [2.24, 2.45) is 0 Å². The van der Waals surface area contributed by atoms with Gasteiger partial charge >= 0.3 is 12.0 Å². The lowest BCUT2D eigenvalue weighted by molar-refractivity contribution is -0.139. The SMILES string of the molecule is CSCCC(NC(=O)Nc1cc(Cl)ccc1C)C(=O)O. The van der Waals surface area contributed by atoms with Crippen molar-refractivity contribution in [2.45, 2.75) is 19.4 Å². The van der Waals surface area contributed by atoms with Crippen molar-refractivity contribution in [1.82, 2.24) is 5.32 Å². The Morgan fingerprint density at radius 1 is 1.45 bits per heavy atom.